The predicted octanol–water partition coefficient (Wildman–Crippen LogP) is 1.28. The first-order valence-electron chi connectivity index (χ1n) is 6.39. The Kier molecular flexibility index (Phi) is 3.98. The van der Waals surface area contributed by atoms with Crippen LogP contribution < -0.4 is 5.73 Å². The van der Waals surface area contributed by atoms with Gasteiger partial charge < -0.3 is 15.2 Å². The molecule has 1 aliphatic heterocycles. The topological polar surface area (TPSA) is 94.0 Å². The molecule has 2 N–H and O–H groups in total. The van der Waals surface area contributed by atoms with Gasteiger partial charge in [0.1, 0.15) is 23.1 Å². The molecule has 1 aromatic rings. The fourth-order valence-electron chi connectivity index (χ4n) is 2.35. The Labute approximate surface area is 112 Å². The molecule has 6 nitrogen and oxygen atoms in total. The van der Waals surface area contributed by atoms with Gasteiger partial charge in [-0.25, -0.2) is 9.97 Å². The highest BCUT2D eigenvalue weighted by Gasteiger charge is 2.38. The first-order chi connectivity index (χ1) is 9.13. The summed E-state index contributed by atoms with van der Waals surface area (Å²) in [5, 5.41) is 9.01. The number of nitrogens with zero attached hydrogens (tertiary/aromatic N) is 3. The van der Waals surface area contributed by atoms with Gasteiger partial charge >= 0.3 is 0 Å². The maximum atomic E-state index is 9.01. The Balaban J connectivity index is 2.45. The lowest BCUT2D eigenvalue weighted by atomic mass is 9.92. The molecule has 0 radical (unpaired) electrons. The Morgan fingerprint density at radius 3 is 2.63 bits per heavy atom. The van der Waals surface area contributed by atoms with E-state index in [1.54, 1.807) is 6.92 Å². The maximum Gasteiger partial charge on any atom is 0.163 e. The Hall–Kier alpha value is -1.71. The van der Waals surface area contributed by atoms with E-state index < -0.39 is 5.60 Å². The first kappa shape index (κ1) is 13.7. The molecule has 0 spiro atoms. The average Bonchev–Trinajstić information content (AvgIpc) is 2.40. The molecule has 1 fully saturated rings. The van der Waals surface area contributed by atoms with E-state index in [9.17, 15) is 0 Å². The molecule has 2 heterocycles. The van der Waals surface area contributed by atoms with E-state index in [1.807, 2.05) is 13.0 Å². The summed E-state index contributed by atoms with van der Waals surface area (Å²) in [4.78, 5) is 8.71. The molecule has 102 valence electrons. The lowest BCUT2D eigenvalue weighted by Gasteiger charge is -2.35. The van der Waals surface area contributed by atoms with Crippen molar-refractivity contribution in [3.63, 3.8) is 0 Å². The third-order valence-corrected chi connectivity index (χ3v) is 3.36. The van der Waals surface area contributed by atoms with Crippen LogP contribution in [-0.2, 0) is 15.1 Å². The number of nitriles is 1. The largest absolute Gasteiger partial charge is 0.382 e. The van der Waals surface area contributed by atoms with Crippen LogP contribution in [0.2, 0.25) is 0 Å². The fourth-order valence-corrected chi connectivity index (χ4v) is 2.35. The summed E-state index contributed by atoms with van der Waals surface area (Å²) in [6, 6.07) is 2.02. The van der Waals surface area contributed by atoms with Gasteiger partial charge in [0.2, 0.25) is 0 Å². The molecule has 1 aromatic heterocycles. The van der Waals surface area contributed by atoms with Crippen molar-refractivity contribution in [3.05, 3.63) is 17.1 Å². The lowest BCUT2D eigenvalue weighted by molar-refractivity contribution is -0.117. The Morgan fingerprint density at radius 1 is 1.42 bits per heavy atom. The average molecular weight is 262 g/mol. The number of aryl methyl sites for hydroxylation is 1. The quantitative estimate of drug-likeness (QED) is 0.881. The van der Waals surface area contributed by atoms with Crippen LogP contribution >= 0.6 is 0 Å². The van der Waals surface area contributed by atoms with E-state index in [0.717, 1.165) is 0 Å². The molecule has 0 aromatic carbocycles. The summed E-state index contributed by atoms with van der Waals surface area (Å²) in [7, 11) is 0. The van der Waals surface area contributed by atoms with Gasteiger partial charge in [-0.2, -0.15) is 5.26 Å². The predicted molar refractivity (Wildman–Crippen MR) is 69.3 cm³/mol. The number of rotatable bonds is 3. The molecular weight excluding hydrogens is 244 g/mol. The van der Waals surface area contributed by atoms with Crippen molar-refractivity contribution in [1.82, 2.24) is 9.97 Å². The summed E-state index contributed by atoms with van der Waals surface area (Å²) in [5.41, 5.74) is 6.22. The van der Waals surface area contributed by atoms with E-state index >= 15 is 0 Å². The van der Waals surface area contributed by atoms with E-state index in [-0.39, 0.29) is 5.82 Å². The zero-order chi connectivity index (χ0) is 13.9. The number of ether oxygens (including phenoxy) is 2. The maximum absolute atomic E-state index is 9.01. The number of aromatic nitrogens is 2. The molecule has 0 saturated carbocycles. The zero-order valence-corrected chi connectivity index (χ0v) is 11.3. The molecule has 0 unspecified atom stereocenters. The third-order valence-electron chi connectivity index (χ3n) is 3.36. The second-order valence-electron chi connectivity index (χ2n) is 4.54. The van der Waals surface area contributed by atoms with Crippen LogP contribution in [0.25, 0.3) is 0 Å². The second kappa shape index (κ2) is 5.51. The molecule has 0 atom stereocenters. The summed E-state index contributed by atoms with van der Waals surface area (Å²) in [6.45, 7) is 5.50. The minimum absolute atomic E-state index is 0.218. The molecule has 1 aliphatic rings. The number of hydrogen-bond donors (Lipinski definition) is 1. The molecule has 2 rings (SSSR count). The smallest absolute Gasteiger partial charge is 0.163 e. The van der Waals surface area contributed by atoms with Crippen LogP contribution in [0.1, 0.15) is 36.8 Å². The minimum atomic E-state index is -0.542. The molecule has 6 heteroatoms. The fraction of sp³-hybridized carbons (Fsp3) is 0.615. The van der Waals surface area contributed by atoms with Crippen molar-refractivity contribution in [2.45, 2.75) is 32.3 Å². The van der Waals surface area contributed by atoms with Crippen molar-refractivity contribution < 1.29 is 9.47 Å². The second-order valence-corrected chi connectivity index (χ2v) is 4.54. The highest BCUT2D eigenvalue weighted by atomic mass is 16.5. The van der Waals surface area contributed by atoms with Crippen LogP contribution in [0.3, 0.4) is 0 Å². The lowest BCUT2D eigenvalue weighted by Crippen LogP contribution is -2.38. The Bertz CT molecular complexity index is 475. The van der Waals surface area contributed by atoms with Crippen LogP contribution in [0.5, 0.6) is 0 Å². The number of nitrogens with two attached hydrogens (primary N) is 1. The summed E-state index contributed by atoms with van der Waals surface area (Å²) >= 11 is 0. The molecule has 19 heavy (non-hydrogen) atoms. The summed E-state index contributed by atoms with van der Waals surface area (Å²) in [5.74, 6) is 0.780. The summed E-state index contributed by atoms with van der Waals surface area (Å²) < 4.78 is 11.3. The normalized spacial score (nSPS) is 17.9. The highest BCUT2D eigenvalue weighted by Crippen LogP contribution is 2.34. The van der Waals surface area contributed by atoms with Gasteiger partial charge in [-0.3, -0.25) is 0 Å². The van der Waals surface area contributed by atoms with Crippen molar-refractivity contribution >= 4 is 5.82 Å². The van der Waals surface area contributed by atoms with Crippen molar-refractivity contribution in [2.24, 2.45) is 0 Å². The minimum Gasteiger partial charge on any atom is -0.382 e. The summed E-state index contributed by atoms with van der Waals surface area (Å²) in [6.07, 6.45) is 1.40. The molecular formula is C13H18N4O2. The monoisotopic (exact) mass is 262 g/mol. The van der Waals surface area contributed by atoms with Crippen LogP contribution in [0.15, 0.2) is 0 Å². The van der Waals surface area contributed by atoms with Gasteiger partial charge in [-0.05, 0) is 13.8 Å². The SMILES string of the molecule is CCOC1(c2nc(C)c(C#N)c(N)n2)CCOCC1. The molecule has 0 aliphatic carbocycles. The first-order valence-corrected chi connectivity index (χ1v) is 6.39. The van der Waals surface area contributed by atoms with Crippen LogP contribution in [0, 0.1) is 18.3 Å². The van der Waals surface area contributed by atoms with Gasteiger partial charge in [0.05, 0.1) is 5.69 Å². The highest BCUT2D eigenvalue weighted by molar-refractivity contribution is 5.50. The van der Waals surface area contributed by atoms with E-state index in [0.29, 0.717) is 49.7 Å². The van der Waals surface area contributed by atoms with Gasteiger partial charge in [0, 0.05) is 32.7 Å². The van der Waals surface area contributed by atoms with Crippen molar-refractivity contribution in [1.29, 1.82) is 5.26 Å². The number of nitrogen functional groups attached to an aromatic ring is 1. The Morgan fingerprint density at radius 2 is 2.11 bits per heavy atom. The number of hydrogen-bond acceptors (Lipinski definition) is 6. The molecule has 1 saturated heterocycles. The molecule has 0 amide bonds. The number of anilines is 1. The van der Waals surface area contributed by atoms with E-state index in [4.69, 9.17) is 20.5 Å². The van der Waals surface area contributed by atoms with Gasteiger partial charge in [0.25, 0.3) is 0 Å². The van der Waals surface area contributed by atoms with E-state index in [2.05, 4.69) is 9.97 Å². The van der Waals surface area contributed by atoms with Gasteiger partial charge in [-0.15, -0.1) is 0 Å². The van der Waals surface area contributed by atoms with E-state index in [1.165, 1.54) is 0 Å². The standard InChI is InChI=1S/C13H18N4O2/c1-3-19-13(4-6-18-7-5-13)12-16-9(2)10(8-14)11(15)17-12/h3-7H2,1-2H3,(H2,15,16,17). The van der Waals surface area contributed by atoms with Gasteiger partial charge in [0.15, 0.2) is 5.82 Å². The third kappa shape index (κ3) is 2.53. The van der Waals surface area contributed by atoms with Crippen LogP contribution in [-0.4, -0.2) is 29.8 Å². The molecule has 0 bridgehead atoms. The van der Waals surface area contributed by atoms with Crippen molar-refractivity contribution in [3.8, 4) is 6.07 Å². The van der Waals surface area contributed by atoms with Gasteiger partial charge in [-0.1, -0.05) is 0 Å². The zero-order valence-electron chi connectivity index (χ0n) is 11.3. The van der Waals surface area contributed by atoms with Crippen LogP contribution in [0.4, 0.5) is 5.82 Å². The van der Waals surface area contributed by atoms with Crippen molar-refractivity contribution in [2.75, 3.05) is 25.6 Å².